The van der Waals surface area contributed by atoms with E-state index in [0.29, 0.717) is 0 Å². The van der Waals surface area contributed by atoms with Gasteiger partial charge >= 0.3 is 15.5 Å². The van der Waals surface area contributed by atoms with Crippen LogP contribution in [0.25, 0.3) is 0 Å². The summed E-state index contributed by atoms with van der Waals surface area (Å²) in [5, 5.41) is -0.369. The molecular weight excluding hydrogens is 298 g/mol. The Kier molecular flexibility index (Phi) is 4.78. The fourth-order valence-corrected chi connectivity index (χ4v) is 2.78. The summed E-state index contributed by atoms with van der Waals surface area (Å²) in [6.45, 7) is 0. The molecule has 0 aliphatic carbocycles. The van der Waals surface area contributed by atoms with Crippen molar-refractivity contribution in [3.63, 3.8) is 0 Å². The number of aldehydes is 1. The molecule has 0 aliphatic rings. The summed E-state index contributed by atoms with van der Waals surface area (Å²) in [6.07, 6.45) is 0.112. The number of anilines is 1. The summed E-state index contributed by atoms with van der Waals surface area (Å²) in [5.41, 5.74) is 0.229. The van der Waals surface area contributed by atoms with Gasteiger partial charge < -0.3 is 15.2 Å². The molecule has 8 N–H and O–H groups in total. The van der Waals surface area contributed by atoms with Crippen molar-refractivity contribution < 1.29 is 33.8 Å². The first-order valence-electron chi connectivity index (χ1n) is 4.80. The molecule has 106 valence electrons. The van der Waals surface area contributed by atoms with Crippen LogP contribution in [-0.2, 0) is 9.36 Å². The number of benzene rings is 1. The normalized spacial score (nSPS) is 14.0. The zero-order valence-electron chi connectivity index (χ0n) is 9.41. The summed E-state index contributed by atoms with van der Waals surface area (Å²) >= 11 is 0. The molecule has 0 saturated carbocycles. The second kappa shape index (κ2) is 5.62. The first kappa shape index (κ1) is 16.2. The van der Waals surface area contributed by atoms with Gasteiger partial charge in [-0.15, -0.1) is 0 Å². The Balaban J connectivity index is 3.38. The Morgan fingerprint density at radius 3 is 2.26 bits per heavy atom. The maximum Gasteiger partial charge on any atom is 0.419 e. The molecule has 1 aromatic rings. The van der Waals surface area contributed by atoms with Crippen molar-refractivity contribution in [2.45, 2.75) is 5.66 Å². The number of hydrazine groups is 1. The van der Waals surface area contributed by atoms with Gasteiger partial charge in [0.1, 0.15) is 0 Å². The van der Waals surface area contributed by atoms with Crippen LogP contribution in [0.5, 0.6) is 0 Å². The van der Waals surface area contributed by atoms with Gasteiger partial charge in [-0.25, -0.2) is 0 Å². The molecule has 1 rings (SSSR count). The lowest BCUT2D eigenvalue weighted by atomic mass is 10.1. The highest BCUT2D eigenvalue weighted by Crippen LogP contribution is 2.59. The molecule has 1 atom stereocenters. The van der Waals surface area contributed by atoms with Crippen LogP contribution in [0, 0.1) is 0 Å². The Bertz CT molecular complexity index is 524. The van der Waals surface area contributed by atoms with Crippen LogP contribution in [-0.4, -0.2) is 30.8 Å². The molecule has 0 bridgehead atoms. The van der Waals surface area contributed by atoms with Gasteiger partial charge in [-0.3, -0.25) is 15.2 Å². The van der Waals surface area contributed by atoms with E-state index in [1.807, 2.05) is 0 Å². The van der Waals surface area contributed by atoms with Gasteiger partial charge in [-0.2, -0.15) is 14.7 Å². The van der Waals surface area contributed by atoms with Gasteiger partial charge in [0.25, 0.3) is 0 Å². The van der Waals surface area contributed by atoms with Crippen molar-refractivity contribution in [3.8, 4) is 0 Å². The Morgan fingerprint density at radius 1 is 1.32 bits per heavy atom. The highest BCUT2D eigenvalue weighted by molar-refractivity contribution is 7.60. The van der Waals surface area contributed by atoms with E-state index in [1.165, 1.54) is 0 Å². The lowest BCUT2D eigenvalue weighted by Gasteiger charge is -2.16. The maximum absolute atomic E-state index is 11.1. The SMILES string of the molecule is NNc1cc(P(=O)(O)O)ccc1C(C=O)[P+](O)(O)O. The topological polar surface area (TPSA) is 173 Å². The van der Waals surface area contributed by atoms with Crippen molar-refractivity contribution in [2.75, 3.05) is 5.43 Å². The number of hydrogen-bond donors (Lipinski definition) is 7. The standard InChI is InChI=1S/C8H12N2O7P2/c9-10-7-3-5(18(12,13)14)1-2-6(7)8(4-11)19(15,16)17/h1-4,8,10,15-17H,9H2,(H-,12,13,14)/p+1. The summed E-state index contributed by atoms with van der Waals surface area (Å²) < 4.78 is 11.1. The average Bonchev–Trinajstić information content (AvgIpc) is 2.27. The number of nitrogens with one attached hydrogen (secondary N) is 1. The van der Waals surface area contributed by atoms with E-state index in [2.05, 4.69) is 5.43 Å². The zero-order chi connectivity index (χ0) is 14.8. The maximum atomic E-state index is 11.1. The molecule has 1 unspecified atom stereocenters. The number of hydrogen-bond acceptors (Lipinski definition) is 7. The lowest BCUT2D eigenvalue weighted by Crippen LogP contribution is -2.17. The number of carbonyl (C=O) groups excluding carboxylic acids is 1. The molecule has 19 heavy (non-hydrogen) atoms. The Morgan fingerprint density at radius 2 is 1.89 bits per heavy atom. The highest BCUT2D eigenvalue weighted by atomic mass is 31.2. The van der Waals surface area contributed by atoms with Crippen molar-refractivity contribution in [1.82, 2.24) is 0 Å². The summed E-state index contributed by atoms with van der Waals surface area (Å²) in [6, 6.07) is 3.03. The molecule has 9 nitrogen and oxygen atoms in total. The summed E-state index contributed by atoms with van der Waals surface area (Å²) in [5.74, 6) is 5.15. The predicted molar refractivity (Wildman–Crippen MR) is 68.3 cm³/mol. The molecule has 0 amide bonds. The molecule has 1 aromatic carbocycles. The van der Waals surface area contributed by atoms with E-state index in [1.54, 1.807) is 0 Å². The molecule has 0 fully saturated rings. The third-order valence-corrected chi connectivity index (χ3v) is 4.45. The number of carbonyl (C=O) groups is 1. The van der Waals surface area contributed by atoms with E-state index in [9.17, 15) is 9.36 Å². The largest absolute Gasteiger partial charge is 0.419 e. The molecule has 0 saturated heterocycles. The molecule has 0 spiro atoms. The monoisotopic (exact) mass is 311 g/mol. The number of rotatable bonds is 5. The third kappa shape index (κ3) is 3.79. The van der Waals surface area contributed by atoms with Crippen LogP contribution >= 0.6 is 15.5 Å². The van der Waals surface area contributed by atoms with E-state index in [-0.39, 0.29) is 22.8 Å². The Hall–Kier alpha value is -0.890. The van der Waals surface area contributed by atoms with Crippen LogP contribution in [0.4, 0.5) is 5.69 Å². The van der Waals surface area contributed by atoms with Gasteiger partial charge in [0, 0.05) is 5.56 Å². The van der Waals surface area contributed by atoms with Gasteiger partial charge in [-0.05, 0) is 12.1 Å². The van der Waals surface area contributed by atoms with E-state index in [4.69, 9.17) is 30.3 Å². The van der Waals surface area contributed by atoms with E-state index < -0.39 is 21.2 Å². The minimum absolute atomic E-state index is 0.0875. The first-order valence-corrected chi connectivity index (χ1v) is 8.13. The van der Waals surface area contributed by atoms with Gasteiger partial charge in [0.05, 0.1) is 11.0 Å². The second-order valence-corrected chi connectivity index (χ2v) is 7.05. The van der Waals surface area contributed by atoms with Crippen LogP contribution in [0.15, 0.2) is 18.2 Å². The van der Waals surface area contributed by atoms with Crippen molar-refractivity contribution >= 4 is 32.8 Å². The van der Waals surface area contributed by atoms with Crippen molar-refractivity contribution in [1.29, 1.82) is 0 Å². The van der Waals surface area contributed by atoms with E-state index >= 15 is 0 Å². The minimum atomic E-state index is -4.52. The quantitative estimate of drug-likeness (QED) is 0.152. The summed E-state index contributed by atoms with van der Waals surface area (Å²) in [4.78, 5) is 56.2. The fraction of sp³-hybridized carbons (Fsp3) is 0.125. The Labute approximate surface area is 108 Å². The molecule has 0 aliphatic heterocycles. The van der Waals surface area contributed by atoms with Crippen LogP contribution in [0.1, 0.15) is 11.2 Å². The van der Waals surface area contributed by atoms with Gasteiger partial charge in [0.15, 0.2) is 6.29 Å². The average molecular weight is 311 g/mol. The lowest BCUT2D eigenvalue weighted by molar-refractivity contribution is -0.108. The predicted octanol–water partition coefficient (Wildman–Crippen LogP) is -1.25. The van der Waals surface area contributed by atoms with Crippen LogP contribution < -0.4 is 16.6 Å². The summed E-state index contributed by atoms with van der Waals surface area (Å²) in [7, 11) is -9.02. The van der Waals surface area contributed by atoms with E-state index in [0.717, 1.165) is 18.2 Å². The van der Waals surface area contributed by atoms with Crippen LogP contribution in [0.2, 0.25) is 0 Å². The molecule has 0 radical (unpaired) electrons. The van der Waals surface area contributed by atoms with Crippen molar-refractivity contribution in [3.05, 3.63) is 23.8 Å². The number of nitrogen functional groups attached to an aromatic ring is 1. The highest BCUT2D eigenvalue weighted by Gasteiger charge is 2.45. The molecule has 0 heterocycles. The molecule has 11 heteroatoms. The molecular formula is C8H13N2O7P2+. The third-order valence-electron chi connectivity index (χ3n) is 2.35. The fourth-order valence-electron chi connectivity index (χ4n) is 1.45. The molecule has 0 aromatic heterocycles. The van der Waals surface area contributed by atoms with Crippen LogP contribution in [0.3, 0.4) is 0 Å². The number of nitrogens with two attached hydrogens (primary N) is 1. The van der Waals surface area contributed by atoms with Gasteiger partial charge in [0.2, 0.25) is 5.66 Å². The smallest absolute Gasteiger partial charge is 0.324 e. The zero-order valence-corrected chi connectivity index (χ0v) is 11.2. The second-order valence-electron chi connectivity index (χ2n) is 3.66. The van der Waals surface area contributed by atoms with Crippen molar-refractivity contribution in [2.24, 2.45) is 5.84 Å². The van der Waals surface area contributed by atoms with Gasteiger partial charge in [-0.1, -0.05) is 6.07 Å². The minimum Gasteiger partial charge on any atom is -0.324 e. The first-order chi connectivity index (χ1) is 8.61.